The number of fused-ring (bicyclic) bond motifs is 3. The zero-order valence-corrected chi connectivity index (χ0v) is 9.62. The zero-order valence-electron chi connectivity index (χ0n) is 9.62. The van der Waals surface area contributed by atoms with E-state index in [2.05, 4.69) is 24.3 Å². The molecule has 0 atom stereocenters. The first-order valence-corrected chi connectivity index (χ1v) is 5.90. The Hall–Kier alpha value is -2.34. The normalized spacial score (nSPS) is 11.3. The summed E-state index contributed by atoms with van der Waals surface area (Å²) >= 11 is 0. The van der Waals surface area contributed by atoms with Gasteiger partial charge in [-0.2, -0.15) is 0 Å². The van der Waals surface area contributed by atoms with Gasteiger partial charge in [0.1, 0.15) is 0 Å². The predicted molar refractivity (Wildman–Crippen MR) is 74.3 cm³/mol. The van der Waals surface area contributed by atoms with Crippen molar-refractivity contribution in [3.05, 3.63) is 72.8 Å². The zero-order chi connectivity index (χ0) is 11.9. The first-order valence-electron chi connectivity index (χ1n) is 5.90. The van der Waals surface area contributed by atoms with Gasteiger partial charge in [-0.25, -0.2) is 0 Å². The van der Waals surface area contributed by atoms with Crippen LogP contribution in [0.5, 0.6) is 0 Å². The molecule has 0 spiro atoms. The van der Waals surface area contributed by atoms with Crippen molar-refractivity contribution in [1.29, 1.82) is 0 Å². The quantitative estimate of drug-likeness (QED) is 0.389. The summed E-state index contributed by atoms with van der Waals surface area (Å²) in [5.74, 6) is 0. The molecule has 0 unspecified atom stereocenters. The average Bonchev–Trinajstić information content (AvgIpc) is 2.42. The summed E-state index contributed by atoms with van der Waals surface area (Å²) in [6, 6.07) is 29.8. The highest BCUT2D eigenvalue weighted by Crippen LogP contribution is 2.25. The molecule has 4 aromatic rings. The van der Waals surface area contributed by atoms with Crippen LogP contribution in [-0.4, -0.2) is 0 Å². The molecule has 0 bridgehead atoms. The monoisotopic (exact) mass is 224 g/mol. The largest absolute Gasteiger partial charge is 0.0616 e. The standard InChI is InChI=1S/C18H8/c1-2-6-14-10-18-12-16-8-4-3-7-15(16)11-17(18)9-13(14)5-1/h1-8H. The van der Waals surface area contributed by atoms with E-state index in [1.54, 1.807) is 0 Å². The molecule has 4 radical (unpaired) electrons. The summed E-state index contributed by atoms with van der Waals surface area (Å²) in [6.45, 7) is 0. The predicted octanol–water partition coefficient (Wildman–Crippen LogP) is 4.35. The fourth-order valence-corrected chi connectivity index (χ4v) is 2.25. The Balaban J connectivity index is 2.20. The Morgan fingerprint density at radius 1 is 0.444 bits per heavy atom. The summed E-state index contributed by atoms with van der Waals surface area (Å²) in [7, 11) is 0. The van der Waals surface area contributed by atoms with Crippen LogP contribution in [0.3, 0.4) is 0 Å². The fraction of sp³-hybridized carbons (Fsp3) is 0. The molecular formula is C18H8. The Bertz CT molecular complexity index is 728. The molecule has 18 heavy (non-hydrogen) atoms. The molecule has 80 valence electrons. The van der Waals surface area contributed by atoms with Crippen LogP contribution in [0.15, 0.2) is 48.5 Å². The van der Waals surface area contributed by atoms with E-state index in [0.29, 0.717) is 0 Å². The minimum atomic E-state index is 0.951. The van der Waals surface area contributed by atoms with Gasteiger partial charge in [-0.3, -0.25) is 0 Å². The lowest BCUT2D eigenvalue weighted by Crippen LogP contribution is -1.80. The SMILES string of the molecule is [c]1c2[c]c3ccccc3[c]c2[c]c2ccccc12. The maximum absolute atomic E-state index is 3.38. The number of rotatable bonds is 0. The summed E-state index contributed by atoms with van der Waals surface area (Å²) in [4.78, 5) is 0. The van der Waals surface area contributed by atoms with Crippen molar-refractivity contribution in [2.45, 2.75) is 0 Å². The smallest absolute Gasteiger partial charge is 0.0000476 e. The lowest BCUT2D eigenvalue weighted by molar-refractivity contribution is 1.75. The van der Waals surface area contributed by atoms with Crippen molar-refractivity contribution in [1.82, 2.24) is 0 Å². The van der Waals surface area contributed by atoms with Gasteiger partial charge in [0, 0.05) is 0 Å². The third-order valence-electron chi connectivity index (χ3n) is 3.14. The summed E-state index contributed by atoms with van der Waals surface area (Å²) in [6.07, 6.45) is 0. The lowest BCUT2D eigenvalue weighted by atomic mass is 10.00. The first-order chi connectivity index (χ1) is 8.90. The molecule has 0 aliphatic carbocycles. The molecule has 0 saturated carbocycles. The molecule has 4 aromatic carbocycles. The van der Waals surface area contributed by atoms with Gasteiger partial charge in [-0.05, 0) is 56.6 Å². The van der Waals surface area contributed by atoms with Crippen LogP contribution in [0, 0.1) is 24.3 Å². The van der Waals surface area contributed by atoms with Crippen LogP contribution in [0.4, 0.5) is 0 Å². The molecule has 0 saturated heterocycles. The molecule has 0 N–H and O–H groups in total. The fourth-order valence-electron chi connectivity index (χ4n) is 2.25. The van der Waals surface area contributed by atoms with Gasteiger partial charge in [0.05, 0.1) is 0 Å². The third kappa shape index (κ3) is 1.39. The van der Waals surface area contributed by atoms with Crippen molar-refractivity contribution in [3.8, 4) is 0 Å². The van der Waals surface area contributed by atoms with Crippen LogP contribution in [0.1, 0.15) is 0 Å². The van der Waals surface area contributed by atoms with Crippen LogP contribution >= 0.6 is 0 Å². The molecule has 0 fully saturated rings. The Morgan fingerprint density at radius 2 is 0.722 bits per heavy atom. The van der Waals surface area contributed by atoms with E-state index in [-0.39, 0.29) is 0 Å². The molecule has 0 heterocycles. The highest BCUT2D eigenvalue weighted by Gasteiger charge is 2.01. The Labute approximate surface area is 105 Å². The van der Waals surface area contributed by atoms with Crippen LogP contribution in [-0.2, 0) is 0 Å². The summed E-state index contributed by atoms with van der Waals surface area (Å²) in [5.41, 5.74) is 0. The number of hydrogen-bond acceptors (Lipinski definition) is 0. The van der Waals surface area contributed by atoms with E-state index >= 15 is 0 Å². The van der Waals surface area contributed by atoms with E-state index in [4.69, 9.17) is 0 Å². The Kier molecular flexibility index (Phi) is 1.92. The molecule has 0 nitrogen and oxygen atoms in total. The van der Waals surface area contributed by atoms with Crippen LogP contribution in [0.2, 0.25) is 0 Å². The van der Waals surface area contributed by atoms with E-state index in [9.17, 15) is 0 Å². The third-order valence-corrected chi connectivity index (χ3v) is 3.14. The van der Waals surface area contributed by atoms with Crippen molar-refractivity contribution in [2.75, 3.05) is 0 Å². The van der Waals surface area contributed by atoms with Gasteiger partial charge in [-0.15, -0.1) is 0 Å². The van der Waals surface area contributed by atoms with Gasteiger partial charge in [0.2, 0.25) is 0 Å². The van der Waals surface area contributed by atoms with E-state index < -0.39 is 0 Å². The second kappa shape index (κ2) is 3.58. The maximum Gasteiger partial charge on any atom is -0.0000476 e. The highest BCUT2D eigenvalue weighted by molar-refractivity contribution is 6.02. The Morgan fingerprint density at radius 3 is 1.00 bits per heavy atom. The molecule has 0 heteroatoms. The molecule has 4 rings (SSSR count). The maximum atomic E-state index is 3.38. The minimum absolute atomic E-state index is 0.951. The summed E-state index contributed by atoms with van der Waals surface area (Å²) in [5, 5.41) is 6.20. The number of hydrogen-bond donors (Lipinski definition) is 0. The topological polar surface area (TPSA) is 0 Å². The van der Waals surface area contributed by atoms with Gasteiger partial charge < -0.3 is 0 Å². The van der Waals surface area contributed by atoms with Crippen molar-refractivity contribution < 1.29 is 0 Å². The van der Waals surface area contributed by atoms with Crippen molar-refractivity contribution in [2.24, 2.45) is 0 Å². The van der Waals surface area contributed by atoms with E-state index in [1.807, 2.05) is 48.5 Å². The van der Waals surface area contributed by atoms with Gasteiger partial charge in [-0.1, -0.05) is 48.5 Å². The highest BCUT2D eigenvalue weighted by atomic mass is 14.0. The molecule has 0 aromatic heterocycles. The molecule has 0 aliphatic rings. The average molecular weight is 224 g/mol. The van der Waals surface area contributed by atoms with E-state index in [0.717, 1.165) is 32.3 Å². The van der Waals surface area contributed by atoms with Crippen molar-refractivity contribution >= 4 is 32.3 Å². The van der Waals surface area contributed by atoms with Gasteiger partial charge in [0.15, 0.2) is 0 Å². The van der Waals surface area contributed by atoms with Crippen LogP contribution < -0.4 is 0 Å². The van der Waals surface area contributed by atoms with Gasteiger partial charge in [0.25, 0.3) is 0 Å². The van der Waals surface area contributed by atoms with Crippen LogP contribution in [0.25, 0.3) is 32.3 Å². The number of benzene rings is 4. The summed E-state index contributed by atoms with van der Waals surface area (Å²) < 4.78 is 0. The second-order valence-electron chi connectivity index (χ2n) is 4.34. The van der Waals surface area contributed by atoms with E-state index in [1.165, 1.54) is 0 Å². The second-order valence-corrected chi connectivity index (χ2v) is 4.34. The molecule has 0 aliphatic heterocycles. The molecular weight excluding hydrogens is 216 g/mol. The van der Waals surface area contributed by atoms with Gasteiger partial charge >= 0.3 is 0 Å². The minimum Gasteiger partial charge on any atom is -0.0616 e. The lowest BCUT2D eigenvalue weighted by Gasteiger charge is -2.02. The van der Waals surface area contributed by atoms with Crippen molar-refractivity contribution in [3.63, 3.8) is 0 Å². The first kappa shape index (κ1) is 9.67. The molecule has 0 amide bonds.